The zero-order chi connectivity index (χ0) is 15.1. The van der Waals surface area contributed by atoms with Gasteiger partial charge in [0.05, 0.1) is 13.0 Å². The molecule has 2 rings (SSSR count). The van der Waals surface area contributed by atoms with E-state index >= 15 is 0 Å². The van der Waals surface area contributed by atoms with Gasteiger partial charge in [0.15, 0.2) is 0 Å². The summed E-state index contributed by atoms with van der Waals surface area (Å²) in [6.07, 6.45) is 0.331. The van der Waals surface area contributed by atoms with Crippen LogP contribution in [0.15, 0.2) is 48.5 Å². The molecule has 0 unspecified atom stereocenters. The van der Waals surface area contributed by atoms with Gasteiger partial charge in [0.25, 0.3) is 0 Å². The third kappa shape index (κ3) is 5.12. The minimum Gasteiger partial charge on any atom is -0.494 e. The maximum absolute atomic E-state index is 11.9. The molecule has 110 valence electrons. The second-order valence-corrected chi connectivity index (χ2v) is 5.10. The van der Waals surface area contributed by atoms with Crippen molar-refractivity contribution < 1.29 is 9.53 Å². The van der Waals surface area contributed by atoms with Crippen LogP contribution in [0.5, 0.6) is 5.75 Å². The van der Waals surface area contributed by atoms with Gasteiger partial charge in [0.1, 0.15) is 5.75 Å². The first-order valence-corrected chi connectivity index (χ1v) is 7.28. The number of carbonyl (C=O) groups excluding carboxylic acids is 1. The average Bonchev–Trinajstić information content (AvgIpc) is 2.47. The molecule has 0 bridgehead atoms. The quantitative estimate of drug-likeness (QED) is 0.885. The van der Waals surface area contributed by atoms with E-state index in [1.807, 2.05) is 43.3 Å². The molecule has 0 saturated carbocycles. The molecule has 0 radical (unpaired) electrons. The summed E-state index contributed by atoms with van der Waals surface area (Å²) in [5, 5.41) is 3.54. The van der Waals surface area contributed by atoms with Gasteiger partial charge in [0.2, 0.25) is 5.91 Å². The van der Waals surface area contributed by atoms with Crippen molar-refractivity contribution in [2.45, 2.75) is 19.9 Å². The van der Waals surface area contributed by atoms with E-state index in [2.05, 4.69) is 5.32 Å². The van der Waals surface area contributed by atoms with Gasteiger partial charge in [-0.2, -0.15) is 0 Å². The fourth-order valence-corrected chi connectivity index (χ4v) is 2.18. The Kier molecular flexibility index (Phi) is 5.64. The van der Waals surface area contributed by atoms with Crippen molar-refractivity contribution in [3.05, 3.63) is 64.7 Å². The van der Waals surface area contributed by atoms with Gasteiger partial charge >= 0.3 is 0 Å². The van der Waals surface area contributed by atoms with Crippen molar-refractivity contribution in [2.24, 2.45) is 0 Å². The summed E-state index contributed by atoms with van der Waals surface area (Å²) in [6, 6.07) is 15.0. The van der Waals surface area contributed by atoms with Crippen LogP contribution in [0.3, 0.4) is 0 Å². The van der Waals surface area contributed by atoms with Gasteiger partial charge in [-0.3, -0.25) is 4.79 Å². The molecule has 0 aromatic heterocycles. The van der Waals surface area contributed by atoms with E-state index in [-0.39, 0.29) is 5.91 Å². The molecule has 0 aliphatic rings. The monoisotopic (exact) mass is 303 g/mol. The molecule has 21 heavy (non-hydrogen) atoms. The summed E-state index contributed by atoms with van der Waals surface area (Å²) < 4.78 is 5.38. The van der Waals surface area contributed by atoms with Crippen molar-refractivity contribution in [2.75, 3.05) is 6.61 Å². The highest BCUT2D eigenvalue weighted by molar-refractivity contribution is 6.30. The Morgan fingerprint density at radius 2 is 1.90 bits per heavy atom. The Hall–Kier alpha value is -2.00. The lowest BCUT2D eigenvalue weighted by Crippen LogP contribution is -2.24. The fraction of sp³-hybridized carbons (Fsp3) is 0.235. The van der Waals surface area contributed by atoms with E-state index < -0.39 is 0 Å². The molecular formula is C17H18ClNO2. The standard InChI is InChI=1S/C17H18ClNO2/c1-2-21-16-8-6-13(7-9-16)12-19-17(20)11-14-4-3-5-15(18)10-14/h3-10H,2,11-12H2,1H3,(H,19,20). The molecule has 1 N–H and O–H groups in total. The minimum atomic E-state index is -0.0221. The maximum Gasteiger partial charge on any atom is 0.224 e. The van der Waals surface area contributed by atoms with Crippen LogP contribution in [0.25, 0.3) is 0 Å². The normalized spacial score (nSPS) is 10.2. The second kappa shape index (κ2) is 7.70. The zero-order valence-corrected chi connectivity index (χ0v) is 12.7. The lowest BCUT2D eigenvalue weighted by atomic mass is 10.1. The molecule has 0 spiro atoms. The Morgan fingerprint density at radius 1 is 1.14 bits per heavy atom. The average molecular weight is 304 g/mol. The molecule has 1 amide bonds. The van der Waals surface area contributed by atoms with Crippen molar-refractivity contribution in [3.63, 3.8) is 0 Å². The number of amides is 1. The number of hydrogen-bond acceptors (Lipinski definition) is 2. The van der Waals surface area contributed by atoms with Crippen LogP contribution in [-0.2, 0) is 17.8 Å². The number of benzene rings is 2. The predicted octanol–water partition coefficient (Wildman–Crippen LogP) is 3.60. The molecular weight excluding hydrogens is 286 g/mol. The summed E-state index contributed by atoms with van der Waals surface area (Å²) in [7, 11) is 0. The third-order valence-corrected chi connectivity index (χ3v) is 3.21. The highest BCUT2D eigenvalue weighted by Gasteiger charge is 2.04. The van der Waals surface area contributed by atoms with E-state index in [1.54, 1.807) is 12.1 Å². The zero-order valence-electron chi connectivity index (χ0n) is 11.9. The number of nitrogens with one attached hydrogen (secondary N) is 1. The van der Waals surface area contributed by atoms with Crippen LogP contribution in [0.2, 0.25) is 5.02 Å². The highest BCUT2D eigenvalue weighted by atomic mass is 35.5. The van der Waals surface area contributed by atoms with E-state index in [0.717, 1.165) is 16.9 Å². The van der Waals surface area contributed by atoms with Gasteiger partial charge in [-0.05, 0) is 42.3 Å². The lowest BCUT2D eigenvalue weighted by molar-refractivity contribution is -0.120. The summed E-state index contributed by atoms with van der Waals surface area (Å²) >= 11 is 5.90. The number of rotatable bonds is 6. The van der Waals surface area contributed by atoms with Crippen LogP contribution in [-0.4, -0.2) is 12.5 Å². The Bertz CT molecular complexity index is 596. The van der Waals surface area contributed by atoms with Crippen molar-refractivity contribution in [1.82, 2.24) is 5.32 Å². The minimum absolute atomic E-state index is 0.0221. The van der Waals surface area contributed by atoms with Gasteiger partial charge < -0.3 is 10.1 Å². The van der Waals surface area contributed by atoms with Gasteiger partial charge in [0, 0.05) is 11.6 Å². The molecule has 4 heteroatoms. The number of carbonyl (C=O) groups is 1. The van der Waals surface area contributed by atoms with Crippen LogP contribution in [0, 0.1) is 0 Å². The molecule has 0 heterocycles. The molecule has 3 nitrogen and oxygen atoms in total. The molecule has 0 aliphatic heterocycles. The first-order valence-electron chi connectivity index (χ1n) is 6.90. The predicted molar refractivity (Wildman–Crippen MR) is 84.6 cm³/mol. The summed E-state index contributed by atoms with van der Waals surface area (Å²) in [6.45, 7) is 3.10. The molecule has 0 fully saturated rings. The number of hydrogen-bond donors (Lipinski definition) is 1. The largest absolute Gasteiger partial charge is 0.494 e. The molecule has 2 aromatic rings. The van der Waals surface area contributed by atoms with Gasteiger partial charge in [-0.25, -0.2) is 0 Å². The van der Waals surface area contributed by atoms with Crippen LogP contribution in [0.1, 0.15) is 18.1 Å². The Labute approximate surface area is 129 Å². The Morgan fingerprint density at radius 3 is 2.57 bits per heavy atom. The Balaban J connectivity index is 1.83. The topological polar surface area (TPSA) is 38.3 Å². The maximum atomic E-state index is 11.9. The first kappa shape index (κ1) is 15.4. The van der Waals surface area contributed by atoms with Crippen LogP contribution < -0.4 is 10.1 Å². The lowest BCUT2D eigenvalue weighted by Gasteiger charge is -2.07. The van der Waals surface area contributed by atoms with Crippen molar-refractivity contribution in [1.29, 1.82) is 0 Å². The van der Waals surface area contributed by atoms with Crippen LogP contribution in [0.4, 0.5) is 0 Å². The summed E-state index contributed by atoms with van der Waals surface area (Å²) in [5.74, 6) is 0.817. The second-order valence-electron chi connectivity index (χ2n) is 4.66. The number of ether oxygens (including phenoxy) is 1. The van der Waals surface area contributed by atoms with E-state index in [9.17, 15) is 4.79 Å². The van der Waals surface area contributed by atoms with Gasteiger partial charge in [-0.15, -0.1) is 0 Å². The number of halogens is 1. The van der Waals surface area contributed by atoms with Crippen LogP contribution >= 0.6 is 11.6 Å². The summed E-state index contributed by atoms with van der Waals surface area (Å²) in [4.78, 5) is 11.9. The molecule has 0 saturated heterocycles. The van der Waals surface area contributed by atoms with E-state index in [4.69, 9.17) is 16.3 Å². The van der Waals surface area contributed by atoms with E-state index in [0.29, 0.717) is 24.6 Å². The fourth-order valence-electron chi connectivity index (χ4n) is 1.97. The van der Waals surface area contributed by atoms with Crippen molar-refractivity contribution in [3.8, 4) is 5.75 Å². The molecule has 2 aromatic carbocycles. The third-order valence-electron chi connectivity index (χ3n) is 2.98. The van der Waals surface area contributed by atoms with Crippen molar-refractivity contribution >= 4 is 17.5 Å². The van der Waals surface area contributed by atoms with Gasteiger partial charge in [-0.1, -0.05) is 35.9 Å². The first-order chi connectivity index (χ1) is 10.2. The molecule has 0 aliphatic carbocycles. The van der Waals surface area contributed by atoms with E-state index in [1.165, 1.54) is 0 Å². The highest BCUT2D eigenvalue weighted by Crippen LogP contribution is 2.13. The molecule has 0 atom stereocenters. The smallest absolute Gasteiger partial charge is 0.224 e. The SMILES string of the molecule is CCOc1ccc(CNC(=O)Cc2cccc(Cl)c2)cc1. The summed E-state index contributed by atoms with van der Waals surface area (Å²) in [5.41, 5.74) is 1.95.